The smallest absolute Gasteiger partial charge is 0.308 e. The third-order valence-corrected chi connectivity index (χ3v) is 5.36. The highest BCUT2D eigenvalue weighted by atomic mass is 16.5. The SMILES string of the molecule is CCOC(=O)C(C)Cc1cc(-c2ccc(NCc3cccc(C)c3)nc2)cc(C#N)c1OC. The fourth-order valence-electron chi connectivity index (χ4n) is 3.71. The first kappa shape index (κ1) is 23.8. The van der Waals surface area contributed by atoms with Gasteiger partial charge in [0.15, 0.2) is 0 Å². The van der Waals surface area contributed by atoms with Crippen molar-refractivity contribution in [2.45, 2.75) is 33.7 Å². The van der Waals surface area contributed by atoms with Gasteiger partial charge in [-0.05, 0) is 61.2 Å². The summed E-state index contributed by atoms with van der Waals surface area (Å²) in [7, 11) is 1.53. The number of aromatic nitrogens is 1. The molecule has 0 aliphatic heterocycles. The number of hydrogen-bond donors (Lipinski definition) is 1. The van der Waals surface area contributed by atoms with Gasteiger partial charge in [-0.15, -0.1) is 0 Å². The molecule has 0 bridgehead atoms. The molecule has 0 fully saturated rings. The number of rotatable bonds is 9. The Hall–Kier alpha value is -3.85. The quantitative estimate of drug-likeness (QED) is 0.452. The molecule has 0 saturated heterocycles. The van der Waals surface area contributed by atoms with E-state index < -0.39 is 0 Å². The minimum atomic E-state index is -0.355. The largest absolute Gasteiger partial charge is 0.495 e. The summed E-state index contributed by atoms with van der Waals surface area (Å²) in [6.07, 6.45) is 2.19. The number of pyridine rings is 1. The molecule has 0 amide bonds. The molecule has 0 saturated carbocycles. The maximum Gasteiger partial charge on any atom is 0.308 e. The third-order valence-electron chi connectivity index (χ3n) is 5.36. The minimum absolute atomic E-state index is 0.269. The number of nitrogens with one attached hydrogen (secondary N) is 1. The molecule has 1 atom stereocenters. The Labute approximate surface area is 195 Å². The van der Waals surface area contributed by atoms with Crippen LogP contribution in [0.25, 0.3) is 11.1 Å². The number of carbonyl (C=O) groups is 1. The van der Waals surface area contributed by atoms with Gasteiger partial charge in [-0.1, -0.05) is 36.8 Å². The van der Waals surface area contributed by atoms with Gasteiger partial charge < -0.3 is 14.8 Å². The molecule has 0 aliphatic rings. The first-order valence-electron chi connectivity index (χ1n) is 11.0. The molecule has 3 aromatic rings. The van der Waals surface area contributed by atoms with E-state index in [1.165, 1.54) is 18.2 Å². The lowest BCUT2D eigenvalue weighted by Gasteiger charge is -2.16. The minimum Gasteiger partial charge on any atom is -0.495 e. The van der Waals surface area contributed by atoms with Crippen LogP contribution in [0.4, 0.5) is 5.82 Å². The highest BCUT2D eigenvalue weighted by Gasteiger charge is 2.20. The van der Waals surface area contributed by atoms with E-state index >= 15 is 0 Å². The average Bonchev–Trinajstić information content (AvgIpc) is 2.82. The lowest BCUT2D eigenvalue weighted by Crippen LogP contribution is -2.17. The van der Waals surface area contributed by atoms with E-state index in [-0.39, 0.29) is 11.9 Å². The zero-order valence-electron chi connectivity index (χ0n) is 19.5. The fourth-order valence-corrected chi connectivity index (χ4v) is 3.71. The van der Waals surface area contributed by atoms with Crippen molar-refractivity contribution in [2.24, 2.45) is 5.92 Å². The monoisotopic (exact) mass is 443 g/mol. The summed E-state index contributed by atoms with van der Waals surface area (Å²) in [5.74, 6) is 0.633. The Kier molecular flexibility index (Phi) is 8.04. The molecule has 1 heterocycles. The fraction of sp³-hybridized carbons (Fsp3) is 0.296. The maximum atomic E-state index is 12.1. The Morgan fingerprint density at radius 2 is 2.00 bits per heavy atom. The second kappa shape index (κ2) is 11.1. The molecular weight excluding hydrogens is 414 g/mol. The number of methoxy groups -OCH3 is 1. The van der Waals surface area contributed by atoms with Crippen LogP contribution in [0, 0.1) is 24.2 Å². The summed E-state index contributed by atoms with van der Waals surface area (Å²) < 4.78 is 10.6. The van der Waals surface area contributed by atoms with E-state index in [1.807, 2.05) is 31.2 Å². The van der Waals surface area contributed by atoms with Gasteiger partial charge in [0.1, 0.15) is 17.6 Å². The Morgan fingerprint density at radius 3 is 2.64 bits per heavy atom. The van der Waals surface area contributed by atoms with Crippen molar-refractivity contribution in [2.75, 3.05) is 19.0 Å². The first-order chi connectivity index (χ1) is 15.9. The number of ether oxygens (including phenoxy) is 2. The topological polar surface area (TPSA) is 84.2 Å². The Bertz CT molecular complexity index is 1150. The molecule has 0 aliphatic carbocycles. The number of aryl methyl sites for hydroxylation is 1. The standard InChI is InChI=1S/C27H29N3O3/c1-5-33-27(31)19(3)12-23-13-22(14-24(15-28)26(23)32-4)21-9-10-25(30-17-21)29-16-20-8-6-7-18(2)11-20/h6-11,13-14,17,19H,5,12,16H2,1-4H3,(H,29,30). The van der Waals surface area contributed by atoms with Crippen molar-refractivity contribution in [3.05, 3.63) is 77.0 Å². The second-order valence-corrected chi connectivity index (χ2v) is 7.96. The number of benzene rings is 2. The molecule has 1 aromatic heterocycles. The summed E-state index contributed by atoms with van der Waals surface area (Å²) in [6.45, 7) is 6.69. The second-order valence-electron chi connectivity index (χ2n) is 7.96. The van der Waals surface area contributed by atoms with Gasteiger partial charge in [0, 0.05) is 18.3 Å². The maximum absolute atomic E-state index is 12.1. The molecule has 1 unspecified atom stereocenters. The number of nitrogens with zero attached hydrogens (tertiary/aromatic N) is 2. The van der Waals surface area contributed by atoms with E-state index in [0.717, 1.165) is 22.5 Å². The lowest BCUT2D eigenvalue weighted by molar-refractivity contribution is -0.147. The third kappa shape index (κ3) is 6.11. The van der Waals surface area contributed by atoms with E-state index in [9.17, 15) is 10.1 Å². The molecule has 3 rings (SSSR count). The molecule has 6 heteroatoms. The molecule has 0 radical (unpaired) electrons. The predicted octanol–water partition coefficient (Wildman–Crippen LogP) is 5.29. The Morgan fingerprint density at radius 1 is 1.18 bits per heavy atom. The van der Waals surface area contributed by atoms with Crippen LogP contribution in [-0.4, -0.2) is 24.7 Å². The van der Waals surface area contributed by atoms with E-state index in [4.69, 9.17) is 9.47 Å². The zero-order valence-corrected chi connectivity index (χ0v) is 19.5. The molecule has 1 N–H and O–H groups in total. The van der Waals surface area contributed by atoms with Crippen molar-refractivity contribution < 1.29 is 14.3 Å². The molecular formula is C27H29N3O3. The van der Waals surface area contributed by atoms with Crippen molar-refractivity contribution >= 4 is 11.8 Å². The van der Waals surface area contributed by atoms with Crippen LogP contribution in [0.5, 0.6) is 5.75 Å². The van der Waals surface area contributed by atoms with E-state index in [2.05, 4.69) is 41.5 Å². The van der Waals surface area contributed by atoms with Crippen molar-refractivity contribution in [1.29, 1.82) is 5.26 Å². The summed E-state index contributed by atoms with van der Waals surface area (Å²) in [5.41, 5.74) is 5.33. The van der Waals surface area contributed by atoms with Crippen LogP contribution in [-0.2, 0) is 22.5 Å². The van der Waals surface area contributed by atoms with Gasteiger partial charge >= 0.3 is 5.97 Å². The summed E-state index contributed by atoms with van der Waals surface area (Å²) in [5, 5.41) is 13.0. The molecule has 33 heavy (non-hydrogen) atoms. The number of esters is 1. The predicted molar refractivity (Wildman–Crippen MR) is 129 cm³/mol. The van der Waals surface area contributed by atoms with Crippen LogP contribution < -0.4 is 10.1 Å². The van der Waals surface area contributed by atoms with Crippen molar-refractivity contribution in [3.8, 4) is 22.9 Å². The van der Waals surface area contributed by atoms with Gasteiger partial charge in [0.2, 0.25) is 0 Å². The van der Waals surface area contributed by atoms with Crippen LogP contribution in [0.3, 0.4) is 0 Å². The van der Waals surface area contributed by atoms with Crippen molar-refractivity contribution in [1.82, 2.24) is 4.98 Å². The summed E-state index contributed by atoms with van der Waals surface area (Å²) >= 11 is 0. The summed E-state index contributed by atoms with van der Waals surface area (Å²) in [4.78, 5) is 16.7. The normalized spacial score (nSPS) is 11.4. The summed E-state index contributed by atoms with van der Waals surface area (Å²) in [6, 6.07) is 18.2. The van der Waals surface area contributed by atoms with Gasteiger partial charge in [-0.25, -0.2) is 4.98 Å². The van der Waals surface area contributed by atoms with Gasteiger partial charge in [-0.2, -0.15) is 5.26 Å². The number of anilines is 1. The van der Waals surface area contributed by atoms with Gasteiger partial charge in [0.05, 0.1) is 25.2 Å². The number of nitriles is 1. The molecule has 6 nitrogen and oxygen atoms in total. The van der Waals surface area contributed by atoms with Gasteiger partial charge in [0.25, 0.3) is 0 Å². The van der Waals surface area contributed by atoms with Crippen LogP contribution in [0.2, 0.25) is 0 Å². The highest BCUT2D eigenvalue weighted by Crippen LogP contribution is 2.32. The molecule has 2 aromatic carbocycles. The van der Waals surface area contributed by atoms with Gasteiger partial charge in [-0.3, -0.25) is 4.79 Å². The Balaban J connectivity index is 1.83. The molecule has 0 spiro atoms. The van der Waals surface area contributed by atoms with Crippen LogP contribution >= 0.6 is 0 Å². The number of carbonyl (C=O) groups excluding carboxylic acids is 1. The van der Waals surface area contributed by atoms with Crippen molar-refractivity contribution in [3.63, 3.8) is 0 Å². The van der Waals surface area contributed by atoms with Crippen LogP contribution in [0.15, 0.2) is 54.7 Å². The average molecular weight is 444 g/mol. The number of hydrogen-bond acceptors (Lipinski definition) is 6. The van der Waals surface area contributed by atoms with Crippen LogP contribution in [0.1, 0.15) is 36.1 Å². The first-order valence-corrected chi connectivity index (χ1v) is 11.0. The zero-order chi connectivity index (χ0) is 23.8. The molecule has 170 valence electrons. The van der Waals surface area contributed by atoms with E-state index in [0.29, 0.717) is 30.9 Å². The highest BCUT2D eigenvalue weighted by molar-refractivity contribution is 5.74. The lowest BCUT2D eigenvalue weighted by atomic mass is 9.94. The van der Waals surface area contributed by atoms with E-state index in [1.54, 1.807) is 19.2 Å².